The zero-order valence-corrected chi connectivity index (χ0v) is 18.8. The number of fused-ring (bicyclic) bond motifs is 3. The second kappa shape index (κ2) is 7.46. The number of carbonyl (C=O) groups is 3. The highest BCUT2D eigenvalue weighted by Crippen LogP contribution is 2.42. The van der Waals surface area contributed by atoms with E-state index in [1.165, 1.54) is 11.3 Å². The summed E-state index contributed by atoms with van der Waals surface area (Å²) >= 11 is 3.03. The number of thiophene rings is 2. The van der Waals surface area contributed by atoms with Gasteiger partial charge in [-0.2, -0.15) is 5.26 Å². The Hall–Kier alpha value is -2.70. The smallest absolute Gasteiger partial charge is 0.319 e. The highest BCUT2D eigenvalue weighted by atomic mass is 32.1. The lowest BCUT2D eigenvalue weighted by atomic mass is 9.80. The minimum Gasteiger partial charge on any atom is -0.319 e. The molecule has 9 heteroatoms. The zero-order chi connectivity index (χ0) is 21.8. The molecule has 2 aromatic rings. The maximum atomic E-state index is 13.3. The van der Waals surface area contributed by atoms with Crippen LogP contribution in [0.1, 0.15) is 52.6 Å². The molecule has 3 aliphatic rings. The average Bonchev–Trinajstić information content (AvgIpc) is 3.40. The minimum atomic E-state index is -1.05. The molecular formula is C22H22N4O3S2. The van der Waals surface area contributed by atoms with Gasteiger partial charge in [0.1, 0.15) is 23.2 Å². The van der Waals surface area contributed by atoms with Gasteiger partial charge in [0.15, 0.2) is 0 Å². The molecule has 0 bridgehead atoms. The van der Waals surface area contributed by atoms with Gasteiger partial charge in [-0.05, 0) is 61.5 Å². The number of hydrogen-bond acceptors (Lipinski definition) is 6. The predicted octanol–water partition coefficient (Wildman–Crippen LogP) is 3.53. The number of carbonyl (C=O) groups excluding carboxylic acids is 3. The third-order valence-corrected chi connectivity index (χ3v) is 8.67. The van der Waals surface area contributed by atoms with Gasteiger partial charge in [0.2, 0.25) is 5.91 Å². The Balaban J connectivity index is 1.35. The standard InChI is InChI=1S/C22H22N4O3S2/c1-12-4-5-13-14(10-23)19(31-17(13)9-12)24-18(27)11-26-20(28)22(25-21(26)29)7-2-3-16-15(22)6-8-30-16/h6,8,12H,2-5,7,9,11H2,1H3,(H,24,27)(H,25,29)/t12-,22+/m1/s1. The molecule has 160 valence electrons. The molecule has 3 heterocycles. The van der Waals surface area contributed by atoms with Crippen LogP contribution in [0.3, 0.4) is 0 Å². The Morgan fingerprint density at radius 1 is 1.39 bits per heavy atom. The molecule has 1 aliphatic heterocycles. The number of nitriles is 1. The van der Waals surface area contributed by atoms with Crippen molar-refractivity contribution in [2.45, 2.75) is 51.0 Å². The molecule has 2 aromatic heterocycles. The van der Waals surface area contributed by atoms with Crippen molar-refractivity contribution in [3.63, 3.8) is 0 Å². The largest absolute Gasteiger partial charge is 0.325 e. The fourth-order valence-electron chi connectivity index (χ4n) is 4.95. The number of nitrogens with zero attached hydrogens (tertiary/aromatic N) is 2. The summed E-state index contributed by atoms with van der Waals surface area (Å²) in [5, 5.41) is 17.7. The van der Waals surface area contributed by atoms with E-state index in [0.29, 0.717) is 22.9 Å². The highest BCUT2D eigenvalue weighted by Gasteiger charge is 2.54. The van der Waals surface area contributed by atoms with Gasteiger partial charge in [0.05, 0.1) is 5.56 Å². The topological polar surface area (TPSA) is 102 Å². The van der Waals surface area contributed by atoms with Crippen LogP contribution < -0.4 is 10.6 Å². The van der Waals surface area contributed by atoms with Gasteiger partial charge in [-0.15, -0.1) is 22.7 Å². The Morgan fingerprint density at radius 3 is 3.03 bits per heavy atom. The first-order valence-electron chi connectivity index (χ1n) is 10.5. The average molecular weight is 455 g/mol. The maximum Gasteiger partial charge on any atom is 0.325 e. The lowest BCUT2D eigenvalue weighted by Gasteiger charge is -2.31. The molecule has 1 spiro atoms. The van der Waals surface area contributed by atoms with Crippen LogP contribution in [-0.2, 0) is 34.4 Å². The third kappa shape index (κ3) is 3.17. The number of anilines is 1. The van der Waals surface area contributed by atoms with Crippen molar-refractivity contribution in [2.75, 3.05) is 11.9 Å². The number of urea groups is 1. The number of nitrogens with one attached hydrogen (secondary N) is 2. The van der Waals surface area contributed by atoms with Gasteiger partial charge >= 0.3 is 6.03 Å². The molecule has 7 nitrogen and oxygen atoms in total. The number of imide groups is 1. The Labute approximate surface area is 188 Å². The van der Waals surface area contributed by atoms with Gasteiger partial charge in [-0.3, -0.25) is 14.5 Å². The van der Waals surface area contributed by atoms with Crippen molar-refractivity contribution in [3.05, 3.63) is 37.9 Å². The Kier molecular flexibility index (Phi) is 4.87. The van der Waals surface area contributed by atoms with Crippen LogP contribution in [0.5, 0.6) is 0 Å². The minimum absolute atomic E-state index is 0.365. The van der Waals surface area contributed by atoms with E-state index < -0.39 is 17.5 Å². The summed E-state index contributed by atoms with van der Waals surface area (Å²) in [6, 6.07) is 3.58. The molecule has 0 aromatic carbocycles. The molecule has 1 fully saturated rings. The van der Waals surface area contributed by atoms with Crippen molar-refractivity contribution in [1.82, 2.24) is 10.2 Å². The number of amides is 4. The normalized spacial score (nSPS) is 24.5. The first-order valence-corrected chi connectivity index (χ1v) is 12.2. The van der Waals surface area contributed by atoms with E-state index in [0.717, 1.165) is 57.9 Å². The van der Waals surface area contributed by atoms with Crippen LogP contribution in [0, 0.1) is 17.2 Å². The molecule has 2 aliphatic carbocycles. The van der Waals surface area contributed by atoms with E-state index in [-0.39, 0.29) is 12.5 Å². The van der Waals surface area contributed by atoms with Crippen LogP contribution in [0.4, 0.5) is 9.80 Å². The first kappa shape index (κ1) is 20.2. The van der Waals surface area contributed by atoms with E-state index in [4.69, 9.17) is 0 Å². The van der Waals surface area contributed by atoms with E-state index in [1.807, 2.05) is 11.4 Å². The molecule has 1 saturated heterocycles. The van der Waals surface area contributed by atoms with E-state index >= 15 is 0 Å². The van der Waals surface area contributed by atoms with Crippen LogP contribution in [0.25, 0.3) is 0 Å². The summed E-state index contributed by atoms with van der Waals surface area (Å²) in [6.45, 7) is 1.82. The summed E-state index contributed by atoms with van der Waals surface area (Å²) in [4.78, 5) is 42.0. The van der Waals surface area contributed by atoms with Gasteiger partial charge in [0, 0.05) is 15.3 Å². The number of rotatable bonds is 3. The second-order valence-corrected chi connectivity index (χ2v) is 10.7. The lowest BCUT2D eigenvalue weighted by Crippen LogP contribution is -2.46. The molecule has 2 atom stereocenters. The van der Waals surface area contributed by atoms with Crippen molar-refractivity contribution >= 4 is 45.5 Å². The van der Waals surface area contributed by atoms with Gasteiger partial charge in [0.25, 0.3) is 5.91 Å². The van der Waals surface area contributed by atoms with Crippen molar-refractivity contribution in [3.8, 4) is 6.07 Å². The second-order valence-electron chi connectivity index (χ2n) is 8.55. The molecule has 2 N–H and O–H groups in total. The monoisotopic (exact) mass is 454 g/mol. The SMILES string of the molecule is C[C@@H]1CCc2c(sc(NC(=O)CN3C(=O)N[C@]4(CCCc5sccc54)C3=O)c2C#N)C1. The van der Waals surface area contributed by atoms with Gasteiger partial charge < -0.3 is 10.6 Å². The van der Waals surface area contributed by atoms with Crippen LogP contribution in [-0.4, -0.2) is 29.3 Å². The Bertz CT molecular complexity index is 1140. The number of hydrogen-bond donors (Lipinski definition) is 2. The summed E-state index contributed by atoms with van der Waals surface area (Å²) in [7, 11) is 0. The number of aryl methyl sites for hydroxylation is 1. The van der Waals surface area contributed by atoms with Crippen LogP contribution in [0.2, 0.25) is 0 Å². The van der Waals surface area contributed by atoms with Crippen molar-refractivity contribution in [2.24, 2.45) is 5.92 Å². The Morgan fingerprint density at radius 2 is 2.23 bits per heavy atom. The van der Waals surface area contributed by atoms with Crippen LogP contribution >= 0.6 is 22.7 Å². The quantitative estimate of drug-likeness (QED) is 0.693. The third-order valence-electron chi connectivity index (χ3n) is 6.51. The molecule has 4 amide bonds. The highest BCUT2D eigenvalue weighted by molar-refractivity contribution is 7.16. The maximum absolute atomic E-state index is 13.3. The fraction of sp³-hybridized carbons (Fsp3) is 0.455. The summed E-state index contributed by atoms with van der Waals surface area (Å²) < 4.78 is 0. The first-order chi connectivity index (χ1) is 14.9. The summed E-state index contributed by atoms with van der Waals surface area (Å²) in [6.07, 6.45) is 5.02. The molecule has 31 heavy (non-hydrogen) atoms. The molecule has 0 radical (unpaired) electrons. The lowest BCUT2D eigenvalue weighted by molar-refractivity contribution is -0.134. The van der Waals surface area contributed by atoms with Crippen molar-refractivity contribution < 1.29 is 14.4 Å². The van der Waals surface area contributed by atoms with Gasteiger partial charge in [-0.25, -0.2) is 4.79 Å². The van der Waals surface area contributed by atoms with Crippen molar-refractivity contribution in [1.29, 1.82) is 5.26 Å². The fourth-order valence-corrected chi connectivity index (χ4v) is 7.33. The molecular weight excluding hydrogens is 432 g/mol. The summed E-state index contributed by atoms with van der Waals surface area (Å²) in [5.74, 6) is -0.280. The summed E-state index contributed by atoms with van der Waals surface area (Å²) in [5.41, 5.74) is 1.35. The van der Waals surface area contributed by atoms with E-state index in [9.17, 15) is 19.6 Å². The predicted molar refractivity (Wildman–Crippen MR) is 118 cm³/mol. The van der Waals surface area contributed by atoms with E-state index in [1.54, 1.807) is 11.3 Å². The van der Waals surface area contributed by atoms with Crippen LogP contribution in [0.15, 0.2) is 11.4 Å². The molecule has 0 unspecified atom stereocenters. The molecule has 5 rings (SSSR count). The van der Waals surface area contributed by atoms with E-state index in [2.05, 4.69) is 23.6 Å². The van der Waals surface area contributed by atoms with Gasteiger partial charge in [-0.1, -0.05) is 6.92 Å². The molecule has 0 saturated carbocycles. The zero-order valence-electron chi connectivity index (χ0n) is 17.1.